The van der Waals surface area contributed by atoms with Crippen LogP contribution in [0.5, 0.6) is 0 Å². The highest BCUT2D eigenvalue weighted by Gasteiger charge is 2.48. The fourth-order valence-electron chi connectivity index (χ4n) is 2.64. The maximum absolute atomic E-state index is 12.1. The number of nitrogens with two attached hydrogens (primary N) is 1. The first-order valence-corrected chi connectivity index (χ1v) is 7.55. The molecule has 1 saturated heterocycles. The lowest BCUT2D eigenvalue weighted by Crippen LogP contribution is -2.30. The van der Waals surface area contributed by atoms with Crippen LogP contribution in [0.4, 0.5) is 11.4 Å². The van der Waals surface area contributed by atoms with E-state index in [-0.39, 0.29) is 11.8 Å². The normalized spacial score (nSPS) is 19.7. The topological polar surface area (TPSA) is 75.4 Å². The number of rotatable bonds is 4. The van der Waals surface area contributed by atoms with Crippen molar-refractivity contribution < 1.29 is 9.59 Å². The third-order valence-electron chi connectivity index (χ3n) is 4.30. The van der Waals surface area contributed by atoms with E-state index >= 15 is 0 Å². The largest absolute Gasteiger partial charge is 0.329 e. The Bertz CT molecular complexity index is 599. The minimum absolute atomic E-state index is 0.0499. The standard InChI is InChI=1S/C15H18ClN3O2/c16-11-8-10(18-14(21)15(9-17)5-6-15)3-4-12(11)19-7-1-2-13(19)20/h3-4,8H,1-2,5-7,9,17H2,(H,18,21). The van der Waals surface area contributed by atoms with Crippen LogP contribution in [0.1, 0.15) is 25.7 Å². The first kappa shape index (κ1) is 14.4. The van der Waals surface area contributed by atoms with E-state index in [1.165, 1.54) is 0 Å². The summed E-state index contributed by atoms with van der Waals surface area (Å²) in [4.78, 5) is 25.6. The number of hydrogen-bond donors (Lipinski definition) is 2. The summed E-state index contributed by atoms with van der Waals surface area (Å²) in [5, 5.41) is 3.33. The van der Waals surface area contributed by atoms with Gasteiger partial charge in [0.1, 0.15) is 0 Å². The number of carbonyl (C=O) groups is 2. The maximum Gasteiger partial charge on any atom is 0.231 e. The molecule has 1 saturated carbocycles. The van der Waals surface area contributed by atoms with Gasteiger partial charge in [0, 0.05) is 25.2 Å². The van der Waals surface area contributed by atoms with Crippen molar-refractivity contribution in [2.75, 3.05) is 23.3 Å². The van der Waals surface area contributed by atoms with Gasteiger partial charge in [-0.3, -0.25) is 9.59 Å². The van der Waals surface area contributed by atoms with E-state index in [2.05, 4.69) is 5.32 Å². The molecule has 112 valence electrons. The number of benzene rings is 1. The van der Waals surface area contributed by atoms with Gasteiger partial charge in [0.15, 0.2) is 0 Å². The summed E-state index contributed by atoms with van der Waals surface area (Å²) in [6, 6.07) is 5.24. The molecule has 2 aliphatic rings. The molecule has 1 aromatic rings. The lowest BCUT2D eigenvalue weighted by atomic mass is 10.1. The molecule has 6 heteroatoms. The van der Waals surface area contributed by atoms with Crippen molar-refractivity contribution in [2.24, 2.45) is 11.1 Å². The van der Waals surface area contributed by atoms with Crippen molar-refractivity contribution in [1.29, 1.82) is 0 Å². The van der Waals surface area contributed by atoms with Crippen LogP contribution in [-0.4, -0.2) is 24.9 Å². The van der Waals surface area contributed by atoms with E-state index in [9.17, 15) is 9.59 Å². The van der Waals surface area contributed by atoms with E-state index in [1.54, 1.807) is 23.1 Å². The molecule has 0 aromatic heterocycles. The highest BCUT2D eigenvalue weighted by molar-refractivity contribution is 6.34. The fraction of sp³-hybridized carbons (Fsp3) is 0.467. The van der Waals surface area contributed by atoms with Gasteiger partial charge in [-0.05, 0) is 37.5 Å². The number of hydrogen-bond acceptors (Lipinski definition) is 3. The molecule has 21 heavy (non-hydrogen) atoms. The molecule has 0 radical (unpaired) electrons. The molecular weight excluding hydrogens is 290 g/mol. The molecule has 2 amide bonds. The molecule has 1 aliphatic heterocycles. The summed E-state index contributed by atoms with van der Waals surface area (Å²) in [6.45, 7) is 1.06. The van der Waals surface area contributed by atoms with Gasteiger partial charge in [-0.25, -0.2) is 0 Å². The van der Waals surface area contributed by atoms with Crippen LogP contribution < -0.4 is 16.0 Å². The van der Waals surface area contributed by atoms with Gasteiger partial charge >= 0.3 is 0 Å². The number of nitrogens with zero attached hydrogens (tertiary/aromatic N) is 1. The molecule has 0 bridgehead atoms. The summed E-state index contributed by atoms with van der Waals surface area (Å²) >= 11 is 6.25. The van der Waals surface area contributed by atoms with Gasteiger partial charge < -0.3 is 16.0 Å². The van der Waals surface area contributed by atoms with Crippen LogP contribution in [0.15, 0.2) is 18.2 Å². The monoisotopic (exact) mass is 307 g/mol. The third-order valence-corrected chi connectivity index (χ3v) is 4.60. The van der Waals surface area contributed by atoms with Gasteiger partial charge in [-0.2, -0.15) is 0 Å². The number of anilines is 2. The van der Waals surface area contributed by atoms with Gasteiger partial charge in [-0.1, -0.05) is 11.6 Å². The van der Waals surface area contributed by atoms with Crippen molar-refractivity contribution in [2.45, 2.75) is 25.7 Å². The Morgan fingerprint density at radius 3 is 2.71 bits per heavy atom. The van der Waals surface area contributed by atoms with E-state index < -0.39 is 5.41 Å². The molecule has 3 rings (SSSR count). The average Bonchev–Trinajstić information content (AvgIpc) is 3.16. The van der Waals surface area contributed by atoms with Crippen LogP contribution in [0, 0.1) is 5.41 Å². The molecule has 0 spiro atoms. The van der Waals surface area contributed by atoms with Gasteiger partial charge in [-0.15, -0.1) is 0 Å². The van der Waals surface area contributed by atoms with Crippen LogP contribution in [-0.2, 0) is 9.59 Å². The molecule has 2 fully saturated rings. The molecule has 1 aliphatic carbocycles. The first-order chi connectivity index (χ1) is 10.1. The van der Waals surface area contributed by atoms with E-state index in [4.69, 9.17) is 17.3 Å². The van der Waals surface area contributed by atoms with Crippen molar-refractivity contribution in [3.8, 4) is 0 Å². The predicted octanol–water partition coefficient (Wildman–Crippen LogP) is 2.14. The first-order valence-electron chi connectivity index (χ1n) is 7.17. The van der Waals surface area contributed by atoms with Crippen molar-refractivity contribution in [1.82, 2.24) is 0 Å². The second kappa shape index (κ2) is 5.31. The van der Waals surface area contributed by atoms with Crippen molar-refractivity contribution >= 4 is 34.8 Å². The Morgan fingerprint density at radius 2 is 2.19 bits per heavy atom. The highest BCUT2D eigenvalue weighted by Crippen LogP contribution is 2.45. The van der Waals surface area contributed by atoms with Crippen LogP contribution >= 0.6 is 11.6 Å². The maximum atomic E-state index is 12.1. The lowest BCUT2D eigenvalue weighted by molar-refractivity contribution is -0.120. The van der Waals surface area contributed by atoms with E-state index in [0.29, 0.717) is 35.9 Å². The molecule has 0 unspecified atom stereocenters. The molecular formula is C15H18ClN3O2. The van der Waals surface area contributed by atoms with Gasteiger partial charge in [0.05, 0.1) is 16.1 Å². The Hall–Kier alpha value is -1.59. The zero-order chi connectivity index (χ0) is 15.0. The molecule has 0 atom stereocenters. The summed E-state index contributed by atoms with van der Waals surface area (Å²) in [5.74, 6) is 0.0415. The quantitative estimate of drug-likeness (QED) is 0.895. The summed E-state index contributed by atoms with van der Waals surface area (Å²) in [5.41, 5.74) is 6.60. The Morgan fingerprint density at radius 1 is 1.43 bits per heavy atom. The second-order valence-corrected chi connectivity index (χ2v) is 6.16. The van der Waals surface area contributed by atoms with Gasteiger partial charge in [0.2, 0.25) is 11.8 Å². The Labute approximate surface area is 128 Å². The smallest absolute Gasteiger partial charge is 0.231 e. The van der Waals surface area contributed by atoms with E-state index in [1.807, 2.05) is 0 Å². The van der Waals surface area contributed by atoms with Gasteiger partial charge in [0.25, 0.3) is 0 Å². The Balaban J connectivity index is 1.75. The SMILES string of the molecule is NCC1(C(=O)Nc2ccc(N3CCCC3=O)c(Cl)c2)CC1. The fourth-order valence-corrected chi connectivity index (χ4v) is 2.93. The zero-order valence-electron chi connectivity index (χ0n) is 11.7. The second-order valence-electron chi connectivity index (χ2n) is 5.75. The highest BCUT2D eigenvalue weighted by atomic mass is 35.5. The number of nitrogens with one attached hydrogen (secondary N) is 1. The number of carbonyl (C=O) groups excluding carboxylic acids is 2. The lowest BCUT2D eigenvalue weighted by Gasteiger charge is -2.19. The van der Waals surface area contributed by atoms with Crippen molar-refractivity contribution in [3.05, 3.63) is 23.2 Å². The van der Waals surface area contributed by atoms with Crippen LogP contribution in [0.3, 0.4) is 0 Å². The summed E-state index contributed by atoms with van der Waals surface area (Å²) in [6.07, 6.45) is 3.09. The Kier molecular flexibility index (Phi) is 3.63. The number of amides is 2. The molecule has 1 heterocycles. The van der Waals surface area contributed by atoms with E-state index in [0.717, 1.165) is 19.3 Å². The molecule has 1 aromatic carbocycles. The number of halogens is 1. The minimum Gasteiger partial charge on any atom is -0.329 e. The summed E-state index contributed by atoms with van der Waals surface area (Å²) < 4.78 is 0. The molecule has 3 N–H and O–H groups in total. The predicted molar refractivity (Wildman–Crippen MR) is 82.4 cm³/mol. The van der Waals surface area contributed by atoms with Crippen LogP contribution in [0.25, 0.3) is 0 Å². The van der Waals surface area contributed by atoms with Crippen molar-refractivity contribution in [3.63, 3.8) is 0 Å². The third kappa shape index (κ3) is 2.63. The van der Waals surface area contributed by atoms with Crippen LogP contribution in [0.2, 0.25) is 5.02 Å². The molecule has 5 nitrogen and oxygen atoms in total. The summed E-state index contributed by atoms with van der Waals surface area (Å²) in [7, 11) is 0. The minimum atomic E-state index is -0.393. The average molecular weight is 308 g/mol. The zero-order valence-corrected chi connectivity index (χ0v) is 12.4.